The highest BCUT2D eigenvalue weighted by molar-refractivity contribution is 5.80. The van der Waals surface area contributed by atoms with Crippen LogP contribution in [0.15, 0.2) is 41.7 Å². The molecule has 1 aliphatic heterocycles. The van der Waals surface area contributed by atoms with Crippen molar-refractivity contribution in [3.8, 4) is 5.75 Å². The lowest BCUT2D eigenvalue weighted by atomic mass is 9.98. The van der Waals surface area contributed by atoms with E-state index in [9.17, 15) is 0 Å². The molecule has 1 saturated heterocycles. The first-order chi connectivity index (χ1) is 13.6. The zero-order valence-corrected chi connectivity index (χ0v) is 17.3. The Balaban J connectivity index is 1.50. The molecular formula is C21H31N5O2. The van der Waals surface area contributed by atoms with Crippen LogP contribution >= 0.6 is 0 Å². The van der Waals surface area contributed by atoms with Gasteiger partial charge in [-0.1, -0.05) is 19.1 Å². The maximum atomic E-state index is 5.93. The maximum Gasteiger partial charge on any atom is 0.193 e. The molecule has 2 unspecified atom stereocenters. The molecule has 0 amide bonds. The van der Waals surface area contributed by atoms with Gasteiger partial charge < -0.3 is 19.7 Å². The average molecular weight is 386 g/mol. The standard InChI is InChI=1S/C21H31N5O2/c1-16(17-5-7-19(27-4)8-6-17)9-10-23-21(22-2)26-11-12-28-20(15-26)18-13-24-25(3)14-18/h5-8,13-14,16,20H,9-12,15H2,1-4H3,(H,22,23). The summed E-state index contributed by atoms with van der Waals surface area (Å²) in [5.74, 6) is 2.29. The van der Waals surface area contributed by atoms with Crippen LogP contribution in [-0.2, 0) is 11.8 Å². The van der Waals surface area contributed by atoms with Gasteiger partial charge in [0.05, 0.1) is 26.5 Å². The molecule has 1 aromatic carbocycles. The zero-order chi connectivity index (χ0) is 19.9. The van der Waals surface area contributed by atoms with Crippen molar-refractivity contribution in [2.45, 2.75) is 25.4 Å². The largest absolute Gasteiger partial charge is 0.497 e. The second-order valence-corrected chi connectivity index (χ2v) is 7.19. The minimum absolute atomic E-state index is 0.0271. The molecule has 7 heteroatoms. The quantitative estimate of drug-likeness (QED) is 0.612. The minimum atomic E-state index is 0.0271. The van der Waals surface area contributed by atoms with Crippen LogP contribution in [0.25, 0.3) is 0 Å². The highest BCUT2D eigenvalue weighted by Gasteiger charge is 2.25. The first-order valence-corrected chi connectivity index (χ1v) is 9.80. The number of hydrogen-bond acceptors (Lipinski definition) is 4. The number of methoxy groups -OCH3 is 1. The predicted molar refractivity (Wildman–Crippen MR) is 111 cm³/mol. The van der Waals surface area contributed by atoms with E-state index < -0.39 is 0 Å². The third kappa shape index (κ3) is 5.04. The van der Waals surface area contributed by atoms with Crippen LogP contribution in [0.5, 0.6) is 5.75 Å². The summed E-state index contributed by atoms with van der Waals surface area (Å²) >= 11 is 0. The fourth-order valence-corrected chi connectivity index (χ4v) is 3.48. The number of morpholine rings is 1. The number of nitrogens with one attached hydrogen (secondary N) is 1. The first kappa shape index (κ1) is 20.2. The molecular weight excluding hydrogens is 354 g/mol. The lowest BCUT2D eigenvalue weighted by Gasteiger charge is -2.34. The number of aryl methyl sites for hydroxylation is 1. The number of benzene rings is 1. The van der Waals surface area contributed by atoms with E-state index in [2.05, 4.69) is 39.4 Å². The molecule has 0 bridgehead atoms. The van der Waals surface area contributed by atoms with Crippen molar-refractivity contribution in [1.29, 1.82) is 0 Å². The van der Waals surface area contributed by atoms with Gasteiger partial charge in [0.15, 0.2) is 5.96 Å². The fraction of sp³-hybridized carbons (Fsp3) is 0.524. The van der Waals surface area contributed by atoms with Crippen LogP contribution in [0, 0.1) is 0 Å². The van der Waals surface area contributed by atoms with Crippen molar-refractivity contribution >= 4 is 5.96 Å². The van der Waals surface area contributed by atoms with E-state index in [0.29, 0.717) is 12.5 Å². The normalized spacial score (nSPS) is 18.8. The highest BCUT2D eigenvalue weighted by atomic mass is 16.5. The van der Waals surface area contributed by atoms with E-state index in [-0.39, 0.29) is 6.10 Å². The van der Waals surface area contributed by atoms with Gasteiger partial charge >= 0.3 is 0 Å². The summed E-state index contributed by atoms with van der Waals surface area (Å²) in [4.78, 5) is 6.74. The van der Waals surface area contributed by atoms with Crippen molar-refractivity contribution in [2.75, 3.05) is 40.4 Å². The van der Waals surface area contributed by atoms with Crippen LogP contribution in [0.2, 0.25) is 0 Å². The van der Waals surface area contributed by atoms with Crippen LogP contribution < -0.4 is 10.1 Å². The van der Waals surface area contributed by atoms with Gasteiger partial charge in [0, 0.05) is 38.9 Å². The van der Waals surface area contributed by atoms with Gasteiger partial charge in [-0.25, -0.2) is 0 Å². The Hall–Kier alpha value is -2.54. The summed E-state index contributed by atoms with van der Waals surface area (Å²) in [7, 11) is 5.46. The second-order valence-electron chi connectivity index (χ2n) is 7.19. The van der Waals surface area contributed by atoms with Gasteiger partial charge in [0.1, 0.15) is 11.9 Å². The number of guanidine groups is 1. The third-order valence-corrected chi connectivity index (χ3v) is 5.22. The average Bonchev–Trinajstić information content (AvgIpc) is 3.17. The van der Waals surface area contributed by atoms with Crippen molar-refractivity contribution in [3.05, 3.63) is 47.8 Å². The summed E-state index contributed by atoms with van der Waals surface area (Å²) < 4.78 is 13.0. The predicted octanol–water partition coefficient (Wildman–Crippen LogP) is 2.57. The molecule has 0 aliphatic carbocycles. The summed E-state index contributed by atoms with van der Waals surface area (Å²) in [6.45, 7) is 5.42. The molecule has 1 aliphatic rings. The number of rotatable bonds is 6. The molecule has 7 nitrogen and oxygen atoms in total. The van der Waals surface area contributed by atoms with E-state index in [0.717, 1.165) is 43.3 Å². The number of hydrogen-bond donors (Lipinski definition) is 1. The molecule has 0 saturated carbocycles. The van der Waals surface area contributed by atoms with Crippen LogP contribution in [0.4, 0.5) is 0 Å². The molecule has 2 heterocycles. The van der Waals surface area contributed by atoms with Gasteiger partial charge in [-0.05, 0) is 30.0 Å². The van der Waals surface area contributed by atoms with Gasteiger partial charge in [-0.15, -0.1) is 0 Å². The van der Waals surface area contributed by atoms with Crippen LogP contribution in [0.3, 0.4) is 0 Å². The number of aliphatic imine (C=N–C) groups is 1. The topological polar surface area (TPSA) is 63.9 Å². The van der Waals surface area contributed by atoms with Crippen molar-refractivity contribution in [2.24, 2.45) is 12.0 Å². The lowest BCUT2D eigenvalue weighted by molar-refractivity contribution is -0.00802. The summed E-state index contributed by atoms with van der Waals surface area (Å²) in [5, 5.41) is 7.77. The monoisotopic (exact) mass is 385 g/mol. The van der Waals surface area contributed by atoms with Gasteiger partial charge in [-0.3, -0.25) is 9.67 Å². The van der Waals surface area contributed by atoms with Gasteiger partial charge in [0.2, 0.25) is 0 Å². The van der Waals surface area contributed by atoms with E-state index in [1.165, 1.54) is 5.56 Å². The lowest BCUT2D eigenvalue weighted by Crippen LogP contribution is -2.48. The first-order valence-electron chi connectivity index (χ1n) is 9.80. The van der Waals surface area contributed by atoms with Crippen molar-refractivity contribution in [1.82, 2.24) is 20.0 Å². The molecule has 3 rings (SSSR count). The molecule has 2 aromatic rings. The molecule has 2 atom stereocenters. The minimum Gasteiger partial charge on any atom is -0.497 e. The highest BCUT2D eigenvalue weighted by Crippen LogP contribution is 2.23. The summed E-state index contributed by atoms with van der Waals surface area (Å²) in [6, 6.07) is 8.31. The molecule has 0 radical (unpaired) electrons. The maximum absolute atomic E-state index is 5.93. The Morgan fingerprint density at radius 1 is 1.39 bits per heavy atom. The van der Waals surface area contributed by atoms with Crippen LogP contribution in [-0.4, -0.2) is 61.0 Å². The Morgan fingerprint density at radius 2 is 2.18 bits per heavy atom. The Labute approximate surface area is 167 Å². The SMILES string of the molecule is CN=C(NCCC(C)c1ccc(OC)cc1)N1CCOC(c2cnn(C)c2)C1. The smallest absolute Gasteiger partial charge is 0.193 e. The molecule has 1 fully saturated rings. The number of aromatic nitrogens is 2. The van der Waals surface area contributed by atoms with E-state index in [1.54, 1.807) is 7.11 Å². The van der Waals surface area contributed by atoms with Crippen molar-refractivity contribution < 1.29 is 9.47 Å². The van der Waals surface area contributed by atoms with E-state index in [1.807, 2.05) is 43.3 Å². The fourth-order valence-electron chi connectivity index (χ4n) is 3.48. The summed E-state index contributed by atoms with van der Waals surface area (Å²) in [5.41, 5.74) is 2.43. The zero-order valence-electron chi connectivity index (χ0n) is 17.3. The Kier molecular flexibility index (Phi) is 6.92. The molecule has 152 valence electrons. The van der Waals surface area contributed by atoms with E-state index in [4.69, 9.17) is 9.47 Å². The van der Waals surface area contributed by atoms with Gasteiger partial charge in [-0.2, -0.15) is 5.10 Å². The van der Waals surface area contributed by atoms with Gasteiger partial charge in [0.25, 0.3) is 0 Å². The Bertz CT molecular complexity index is 771. The number of nitrogens with zero attached hydrogens (tertiary/aromatic N) is 4. The van der Waals surface area contributed by atoms with E-state index >= 15 is 0 Å². The Morgan fingerprint density at radius 3 is 2.82 bits per heavy atom. The van der Waals surface area contributed by atoms with Crippen LogP contribution in [0.1, 0.15) is 36.5 Å². The number of ether oxygens (including phenoxy) is 2. The molecule has 28 heavy (non-hydrogen) atoms. The second kappa shape index (κ2) is 9.59. The molecule has 1 aromatic heterocycles. The summed E-state index contributed by atoms with van der Waals surface area (Å²) in [6.07, 6.45) is 4.95. The molecule has 1 N–H and O–H groups in total. The third-order valence-electron chi connectivity index (χ3n) is 5.22. The molecule has 0 spiro atoms. The van der Waals surface area contributed by atoms with Crippen molar-refractivity contribution in [3.63, 3.8) is 0 Å².